The molecular formula is C15H27Cl2N3OS. The SMILES string of the molecule is CC1(CNC(=O)c2scnc2C(C)(C)C)CCNCC1.Cl.Cl. The third-order valence-electron chi connectivity index (χ3n) is 3.97. The summed E-state index contributed by atoms with van der Waals surface area (Å²) >= 11 is 1.43. The smallest absolute Gasteiger partial charge is 0.263 e. The number of piperidine rings is 1. The highest BCUT2D eigenvalue weighted by Crippen LogP contribution is 2.29. The fourth-order valence-corrected chi connectivity index (χ4v) is 3.44. The first-order valence-corrected chi connectivity index (χ1v) is 8.13. The van der Waals surface area contributed by atoms with Crippen molar-refractivity contribution in [2.75, 3.05) is 19.6 Å². The zero-order valence-corrected chi connectivity index (χ0v) is 16.1. The normalized spacial score (nSPS) is 17.1. The highest BCUT2D eigenvalue weighted by atomic mass is 35.5. The van der Waals surface area contributed by atoms with E-state index in [4.69, 9.17) is 0 Å². The highest BCUT2D eigenvalue weighted by molar-refractivity contribution is 7.11. The molecule has 4 nitrogen and oxygen atoms in total. The van der Waals surface area contributed by atoms with Crippen LogP contribution in [0, 0.1) is 5.41 Å². The molecule has 1 amide bonds. The molecule has 1 saturated heterocycles. The van der Waals surface area contributed by atoms with Gasteiger partial charge in [0.1, 0.15) is 4.88 Å². The number of hydrogen-bond donors (Lipinski definition) is 2. The predicted molar refractivity (Wildman–Crippen MR) is 97.9 cm³/mol. The molecule has 0 atom stereocenters. The van der Waals surface area contributed by atoms with Crippen LogP contribution >= 0.6 is 36.2 Å². The first-order valence-electron chi connectivity index (χ1n) is 7.25. The van der Waals surface area contributed by atoms with Crippen LogP contribution in [0.4, 0.5) is 0 Å². The summed E-state index contributed by atoms with van der Waals surface area (Å²) < 4.78 is 0. The van der Waals surface area contributed by atoms with Crippen molar-refractivity contribution in [3.8, 4) is 0 Å². The molecule has 0 aliphatic carbocycles. The molecule has 0 radical (unpaired) electrons. The van der Waals surface area contributed by atoms with Crippen molar-refractivity contribution in [2.24, 2.45) is 5.41 Å². The van der Waals surface area contributed by atoms with Gasteiger partial charge in [-0.2, -0.15) is 0 Å². The first-order chi connectivity index (χ1) is 9.32. The van der Waals surface area contributed by atoms with Crippen LogP contribution in [0.3, 0.4) is 0 Å². The summed E-state index contributed by atoms with van der Waals surface area (Å²) in [4.78, 5) is 17.5. The molecule has 0 bridgehead atoms. The van der Waals surface area contributed by atoms with Crippen molar-refractivity contribution < 1.29 is 4.79 Å². The maximum atomic E-state index is 12.4. The molecule has 0 unspecified atom stereocenters. The number of carbonyl (C=O) groups is 1. The van der Waals surface area contributed by atoms with Crippen LogP contribution in [0.2, 0.25) is 0 Å². The Morgan fingerprint density at radius 3 is 2.50 bits per heavy atom. The van der Waals surface area contributed by atoms with Crippen LogP contribution in [0.1, 0.15) is 55.9 Å². The van der Waals surface area contributed by atoms with Crippen LogP contribution in [-0.2, 0) is 5.41 Å². The molecular weight excluding hydrogens is 341 g/mol. The zero-order valence-electron chi connectivity index (χ0n) is 13.7. The number of halogens is 2. The van der Waals surface area contributed by atoms with Gasteiger partial charge in [0, 0.05) is 12.0 Å². The molecule has 1 aromatic rings. The quantitative estimate of drug-likeness (QED) is 0.860. The second kappa shape index (κ2) is 8.48. The molecule has 1 aromatic heterocycles. The Balaban J connectivity index is 0.00000220. The van der Waals surface area contributed by atoms with Gasteiger partial charge in [0.2, 0.25) is 0 Å². The van der Waals surface area contributed by atoms with Gasteiger partial charge in [-0.05, 0) is 31.3 Å². The minimum Gasteiger partial charge on any atom is -0.351 e. The molecule has 1 fully saturated rings. The van der Waals surface area contributed by atoms with Crippen molar-refractivity contribution >= 4 is 42.1 Å². The minimum absolute atomic E-state index is 0. The van der Waals surface area contributed by atoms with Crippen molar-refractivity contribution in [1.82, 2.24) is 15.6 Å². The van der Waals surface area contributed by atoms with E-state index < -0.39 is 0 Å². The van der Waals surface area contributed by atoms with Crippen LogP contribution in [-0.4, -0.2) is 30.5 Å². The highest BCUT2D eigenvalue weighted by Gasteiger charge is 2.29. The second-order valence-corrected chi connectivity index (χ2v) is 7.88. The Morgan fingerprint density at radius 1 is 1.36 bits per heavy atom. The number of thiazole rings is 1. The van der Waals surface area contributed by atoms with E-state index in [2.05, 4.69) is 43.3 Å². The van der Waals surface area contributed by atoms with Crippen LogP contribution in [0.15, 0.2) is 5.51 Å². The summed E-state index contributed by atoms with van der Waals surface area (Å²) in [6, 6.07) is 0. The fourth-order valence-electron chi connectivity index (χ4n) is 2.52. The van der Waals surface area contributed by atoms with Crippen molar-refractivity contribution in [3.05, 3.63) is 16.1 Å². The lowest BCUT2D eigenvalue weighted by Gasteiger charge is -2.34. The third-order valence-corrected chi connectivity index (χ3v) is 4.80. The van der Waals surface area contributed by atoms with Gasteiger partial charge in [-0.15, -0.1) is 36.2 Å². The number of amides is 1. The number of nitrogens with zero attached hydrogens (tertiary/aromatic N) is 1. The van der Waals surface area contributed by atoms with Crippen molar-refractivity contribution in [3.63, 3.8) is 0 Å². The van der Waals surface area contributed by atoms with E-state index >= 15 is 0 Å². The average Bonchev–Trinajstić information content (AvgIpc) is 2.86. The van der Waals surface area contributed by atoms with E-state index in [1.807, 2.05) is 0 Å². The van der Waals surface area contributed by atoms with Crippen molar-refractivity contribution in [1.29, 1.82) is 0 Å². The number of hydrogen-bond acceptors (Lipinski definition) is 4. The molecule has 1 aliphatic rings. The predicted octanol–water partition coefficient (Wildman–Crippen LogP) is 3.40. The minimum atomic E-state index is -0.0919. The Morgan fingerprint density at radius 2 is 1.95 bits per heavy atom. The van der Waals surface area contributed by atoms with Gasteiger partial charge in [-0.1, -0.05) is 27.7 Å². The third kappa shape index (κ3) is 5.37. The number of nitrogens with one attached hydrogen (secondary N) is 2. The molecule has 2 rings (SSSR count). The topological polar surface area (TPSA) is 54.0 Å². The molecule has 2 N–H and O–H groups in total. The summed E-state index contributed by atoms with van der Waals surface area (Å²) in [7, 11) is 0. The lowest BCUT2D eigenvalue weighted by molar-refractivity contribution is 0.0924. The molecule has 0 saturated carbocycles. The summed E-state index contributed by atoms with van der Waals surface area (Å²) in [6.07, 6.45) is 2.23. The molecule has 0 spiro atoms. The van der Waals surface area contributed by atoms with E-state index in [-0.39, 0.29) is 41.6 Å². The monoisotopic (exact) mass is 367 g/mol. The van der Waals surface area contributed by atoms with Gasteiger partial charge in [-0.3, -0.25) is 4.79 Å². The number of aromatic nitrogens is 1. The molecule has 7 heteroatoms. The number of carbonyl (C=O) groups excluding carboxylic acids is 1. The lowest BCUT2D eigenvalue weighted by atomic mass is 9.81. The van der Waals surface area contributed by atoms with E-state index in [1.54, 1.807) is 5.51 Å². The summed E-state index contributed by atoms with van der Waals surface area (Å²) in [5.74, 6) is 0.0252. The lowest BCUT2D eigenvalue weighted by Crippen LogP contribution is -2.43. The summed E-state index contributed by atoms with van der Waals surface area (Å²) in [6.45, 7) is 11.4. The van der Waals surface area contributed by atoms with Crippen LogP contribution in [0.25, 0.3) is 0 Å². The Labute approximate surface area is 149 Å². The first kappa shape index (κ1) is 21.6. The Kier molecular flexibility index (Phi) is 8.34. The molecule has 128 valence electrons. The van der Waals surface area contributed by atoms with E-state index in [0.717, 1.165) is 43.0 Å². The standard InChI is InChI=1S/C15H25N3OS.2ClH/c1-14(2,3)12-11(20-10-18-12)13(19)17-9-15(4)5-7-16-8-6-15;;/h10,16H,5-9H2,1-4H3,(H,17,19);2*1H. The average molecular weight is 368 g/mol. The summed E-state index contributed by atoms with van der Waals surface area (Å²) in [5, 5.41) is 6.47. The second-order valence-electron chi connectivity index (χ2n) is 7.02. The van der Waals surface area contributed by atoms with Crippen LogP contribution < -0.4 is 10.6 Å². The largest absolute Gasteiger partial charge is 0.351 e. The number of rotatable bonds is 3. The maximum absolute atomic E-state index is 12.4. The molecule has 2 heterocycles. The Hall–Kier alpha value is -0.360. The van der Waals surface area contributed by atoms with E-state index in [0.29, 0.717) is 0 Å². The molecule has 1 aliphatic heterocycles. The Bertz CT molecular complexity index is 479. The van der Waals surface area contributed by atoms with Gasteiger partial charge >= 0.3 is 0 Å². The van der Waals surface area contributed by atoms with Gasteiger partial charge in [0.25, 0.3) is 5.91 Å². The van der Waals surface area contributed by atoms with Gasteiger partial charge in [0.15, 0.2) is 0 Å². The van der Waals surface area contributed by atoms with E-state index in [9.17, 15) is 4.79 Å². The van der Waals surface area contributed by atoms with Crippen molar-refractivity contribution in [2.45, 2.75) is 46.0 Å². The summed E-state index contributed by atoms with van der Waals surface area (Å²) in [5.41, 5.74) is 2.79. The van der Waals surface area contributed by atoms with E-state index in [1.165, 1.54) is 11.3 Å². The van der Waals surface area contributed by atoms with Gasteiger partial charge < -0.3 is 10.6 Å². The molecule has 0 aromatic carbocycles. The van der Waals surface area contributed by atoms with Gasteiger partial charge in [0.05, 0.1) is 11.2 Å². The maximum Gasteiger partial charge on any atom is 0.263 e. The zero-order chi connectivity index (χ0) is 14.8. The fraction of sp³-hybridized carbons (Fsp3) is 0.733. The van der Waals surface area contributed by atoms with Gasteiger partial charge in [-0.25, -0.2) is 4.98 Å². The van der Waals surface area contributed by atoms with Crippen LogP contribution in [0.5, 0.6) is 0 Å². The molecule has 22 heavy (non-hydrogen) atoms.